The summed E-state index contributed by atoms with van der Waals surface area (Å²) in [6.45, 7) is 9.14. The van der Waals surface area contributed by atoms with Crippen LogP contribution in [0.2, 0.25) is 0 Å². The number of ether oxygens (including phenoxy) is 1. The molecule has 0 aromatic heterocycles. The summed E-state index contributed by atoms with van der Waals surface area (Å²) in [7, 11) is 0. The Morgan fingerprint density at radius 3 is 2.58 bits per heavy atom. The number of allylic oxidation sites excluding steroid dienone is 1. The van der Waals surface area contributed by atoms with Crippen molar-refractivity contribution < 1.29 is 19.4 Å². The fourth-order valence-corrected chi connectivity index (χ4v) is 4.36. The van der Waals surface area contributed by atoms with Gasteiger partial charge >= 0.3 is 12.1 Å². The molecule has 2 aliphatic carbocycles. The molecule has 2 bridgehead atoms. The van der Waals surface area contributed by atoms with Gasteiger partial charge in [-0.1, -0.05) is 26.8 Å². The Balaban J connectivity index is 1.96. The normalized spacial score (nSPS) is 30.0. The predicted octanol–water partition coefficient (Wildman–Crippen LogP) is 3.98. The summed E-state index contributed by atoms with van der Waals surface area (Å²) in [5, 5.41) is 11.9. The Bertz CT molecular complexity index is 482. The van der Waals surface area contributed by atoms with E-state index < -0.39 is 23.5 Å². The summed E-state index contributed by atoms with van der Waals surface area (Å²) in [5.41, 5.74) is -0.567. The van der Waals surface area contributed by atoms with E-state index in [9.17, 15) is 14.7 Å². The monoisotopic (exact) mass is 337 g/mol. The topological polar surface area (TPSA) is 75.6 Å². The lowest BCUT2D eigenvalue weighted by Crippen LogP contribution is -2.50. The molecule has 2 aliphatic rings. The molecule has 2 N–H and O–H groups in total. The Kier molecular flexibility index (Phi) is 5.94. The number of nitrogens with one attached hydrogen (secondary N) is 1. The van der Waals surface area contributed by atoms with Gasteiger partial charge in [0.25, 0.3) is 0 Å². The van der Waals surface area contributed by atoms with Gasteiger partial charge in [0.2, 0.25) is 0 Å². The average Bonchev–Trinajstić information content (AvgIpc) is 3.06. The molecule has 0 aromatic rings. The van der Waals surface area contributed by atoms with Gasteiger partial charge in [-0.3, -0.25) is 0 Å². The Morgan fingerprint density at radius 2 is 2.00 bits per heavy atom. The number of aliphatic carboxylic acids is 1. The van der Waals surface area contributed by atoms with E-state index in [1.807, 2.05) is 6.08 Å². The molecule has 5 heteroatoms. The first-order valence-corrected chi connectivity index (χ1v) is 9.05. The minimum Gasteiger partial charge on any atom is -0.480 e. The number of hydrogen-bond acceptors (Lipinski definition) is 3. The van der Waals surface area contributed by atoms with Crippen LogP contribution in [0.25, 0.3) is 0 Å². The lowest BCUT2D eigenvalue weighted by molar-refractivity contribution is -0.142. The van der Waals surface area contributed by atoms with Crippen LogP contribution in [0.5, 0.6) is 0 Å². The van der Waals surface area contributed by atoms with Crippen LogP contribution in [0.4, 0.5) is 4.79 Å². The van der Waals surface area contributed by atoms with Gasteiger partial charge in [-0.15, -0.1) is 6.58 Å². The maximum atomic E-state index is 12.3. The number of carbonyl (C=O) groups is 2. The Labute approximate surface area is 144 Å². The lowest BCUT2D eigenvalue weighted by atomic mass is 9.83. The molecule has 0 spiro atoms. The number of hydrogen-bond donors (Lipinski definition) is 2. The zero-order valence-corrected chi connectivity index (χ0v) is 15.1. The fourth-order valence-electron chi connectivity index (χ4n) is 4.36. The SMILES string of the molecule is C=CCCC[C@@H]1[C@@H]2CC[C@@H](C2)[C@@H]1OC(=O)N[C@H](C(=O)O)C(C)(C)C. The van der Waals surface area contributed by atoms with Crippen LogP contribution >= 0.6 is 0 Å². The van der Waals surface area contributed by atoms with Crippen molar-refractivity contribution in [1.29, 1.82) is 0 Å². The first-order valence-electron chi connectivity index (χ1n) is 9.05. The van der Waals surface area contributed by atoms with Crippen LogP contribution in [0.1, 0.15) is 59.3 Å². The minimum atomic E-state index is -1.03. The maximum absolute atomic E-state index is 12.3. The molecule has 2 fully saturated rings. The Morgan fingerprint density at radius 1 is 1.33 bits per heavy atom. The smallest absolute Gasteiger partial charge is 0.408 e. The van der Waals surface area contributed by atoms with Crippen molar-refractivity contribution in [2.45, 2.75) is 71.4 Å². The molecular weight excluding hydrogens is 306 g/mol. The second-order valence-electron chi connectivity index (χ2n) is 8.37. The molecule has 2 rings (SSSR count). The van der Waals surface area contributed by atoms with E-state index in [-0.39, 0.29) is 6.10 Å². The second-order valence-corrected chi connectivity index (χ2v) is 8.37. The van der Waals surface area contributed by atoms with E-state index in [0.717, 1.165) is 32.1 Å². The maximum Gasteiger partial charge on any atom is 0.408 e. The van der Waals surface area contributed by atoms with Crippen molar-refractivity contribution in [2.75, 3.05) is 0 Å². The average molecular weight is 337 g/mol. The number of carboxylic acid groups (broad SMARTS) is 1. The first kappa shape index (κ1) is 18.8. The van der Waals surface area contributed by atoms with E-state index in [1.165, 1.54) is 6.42 Å². The van der Waals surface area contributed by atoms with Gasteiger partial charge in [0.05, 0.1) is 0 Å². The summed E-state index contributed by atoms with van der Waals surface area (Å²) in [4.78, 5) is 23.7. The van der Waals surface area contributed by atoms with Gasteiger partial charge in [-0.2, -0.15) is 0 Å². The minimum absolute atomic E-state index is 0.0667. The molecular formula is C19H31NO4. The van der Waals surface area contributed by atoms with Gasteiger partial charge in [-0.05, 0) is 61.7 Å². The summed E-state index contributed by atoms with van der Waals surface area (Å²) in [6, 6.07) is -0.956. The highest BCUT2D eigenvalue weighted by molar-refractivity contribution is 5.80. The number of unbranched alkanes of at least 4 members (excludes halogenated alkanes) is 1. The fraction of sp³-hybridized carbons (Fsp3) is 0.789. The van der Waals surface area contributed by atoms with E-state index in [4.69, 9.17) is 4.74 Å². The van der Waals surface area contributed by atoms with Crippen LogP contribution in [-0.4, -0.2) is 29.3 Å². The van der Waals surface area contributed by atoms with Gasteiger partial charge in [0.1, 0.15) is 12.1 Å². The van der Waals surface area contributed by atoms with Crippen molar-refractivity contribution in [2.24, 2.45) is 23.2 Å². The standard InChI is InChI=1S/C19H31NO4/c1-5-6-7-8-14-12-9-10-13(11-12)15(14)24-18(23)20-16(17(21)22)19(2,3)4/h5,12-16H,1,6-11H2,2-4H3,(H,20,23)(H,21,22)/t12-,13+,14-,15+,16-/m1/s1. The molecule has 2 saturated carbocycles. The summed E-state index contributed by atoms with van der Waals surface area (Å²) in [6.07, 6.45) is 7.84. The van der Waals surface area contributed by atoms with E-state index >= 15 is 0 Å². The molecule has 0 unspecified atom stereocenters. The number of amides is 1. The summed E-state index contributed by atoms with van der Waals surface area (Å²) < 4.78 is 5.73. The zero-order chi connectivity index (χ0) is 17.9. The number of rotatable bonds is 7. The van der Waals surface area contributed by atoms with Crippen LogP contribution < -0.4 is 5.32 Å². The molecule has 0 saturated heterocycles. The molecule has 0 radical (unpaired) electrons. The van der Waals surface area contributed by atoms with Crippen LogP contribution in [-0.2, 0) is 9.53 Å². The van der Waals surface area contributed by atoms with Gasteiger partial charge in [0, 0.05) is 0 Å². The molecule has 0 aliphatic heterocycles. The van der Waals surface area contributed by atoms with Gasteiger partial charge < -0.3 is 15.2 Å². The number of carbonyl (C=O) groups excluding carboxylic acids is 1. The largest absolute Gasteiger partial charge is 0.480 e. The molecule has 1 amide bonds. The molecule has 5 nitrogen and oxygen atoms in total. The number of alkyl carbamates (subject to hydrolysis) is 1. The van der Waals surface area contributed by atoms with Gasteiger partial charge in [0.15, 0.2) is 0 Å². The van der Waals surface area contributed by atoms with E-state index in [1.54, 1.807) is 20.8 Å². The third kappa shape index (κ3) is 4.31. The molecule has 24 heavy (non-hydrogen) atoms. The second kappa shape index (κ2) is 7.58. The van der Waals surface area contributed by atoms with Crippen molar-refractivity contribution >= 4 is 12.1 Å². The third-order valence-corrected chi connectivity index (χ3v) is 5.57. The van der Waals surface area contributed by atoms with E-state index in [0.29, 0.717) is 17.8 Å². The van der Waals surface area contributed by atoms with E-state index in [2.05, 4.69) is 11.9 Å². The van der Waals surface area contributed by atoms with Crippen molar-refractivity contribution in [3.8, 4) is 0 Å². The molecule has 0 aromatic carbocycles. The first-order chi connectivity index (χ1) is 11.2. The predicted molar refractivity (Wildman–Crippen MR) is 92.7 cm³/mol. The van der Waals surface area contributed by atoms with Gasteiger partial charge in [-0.25, -0.2) is 9.59 Å². The number of carboxylic acids is 1. The summed E-state index contributed by atoms with van der Waals surface area (Å²) >= 11 is 0. The zero-order valence-electron chi connectivity index (χ0n) is 15.1. The molecule has 0 heterocycles. The van der Waals surface area contributed by atoms with Crippen molar-refractivity contribution in [3.05, 3.63) is 12.7 Å². The molecule has 5 atom stereocenters. The summed E-state index contributed by atoms with van der Waals surface area (Å²) in [5.74, 6) is 0.463. The highest BCUT2D eigenvalue weighted by Gasteiger charge is 2.49. The van der Waals surface area contributed by atoms with Crippen molar-refractivity contribution in [3.63, 3.8) is 0 Å². The van der Waals surface area contributed by atoms with Crippen molar-refractivity contribution in [1.82, 2.24) is 5.32 Å². The van der Waals surface area contributed by atoms with Crippen LogP contribution in [0.3, 0.4) is 0 Å². The van der Waals surface area contributed by atoms with Crippen LogP contribution in [0.15, 0.2) is 12.7 Å². The third-order valence-electron chi connectivity index (χ3n) is 5.57. The lowest BCUT2D eigenvalue weighted by Gasteiger charge is -2.32. The number of fused-ring (bicyclic) bond motifs is 2. The van der Waals surface area contributed by atoms with Crippen LogP contribution in [0, 0.1) is 23.2 Å². The highest BCUT2D eigenvalue weighted by atomic mass is 16.6. The quantitative estimate of drug-likeness (QED) is 0.544. The highest BCUT2D eigenvalue weighted by Crippen LogP contribution is 2.51. The molecule has 136 valence electrons. The Hall–Kier alpha value is -1.52.